The van der Waals surface area contributed by atoms with E-state index in [-0.39, 0.29) is 11.5 Å². The summed E-state index contributed by atoms with van der Waals surface area (Å²) in [5.41, 5.74) is -0.689. The van der Waals surface area contributed by atoms with E-state index in [1.165, 1.54) is 12.1 Å². The Morgan fingerprint density at radius 1 is 1.11 bits per heavy atom. The summed E-state index contributed by atoms with van der Waals surface area (Å²) in [5.74, 6) is -0.249. The smallest absolute Gasteiger partial charge is 0.130 e. The van der Waals surface area contributed by atoms with Gasteiger partial charge in [-0.25, -0.2) is 0 Å². The van der Waals surface area contributed by atoms with Gasteiger partial charge in [-0.15, -0.1) is 0 Å². The first kappa shape index (κ1) is 14.4. The van der Waals surface area contributed by atoms with Crippen molar-refractivity contribution in [3.63, 3.8) is 0 Å². The van der Waals surface area contributed by atoms with Gasteiger partial charge in [-0.2, -0.15) is 0 Å². The molecule has 0 aliphatic heterocycles. The van der Waals surface area contributed by atoms with E-state index in [2.05, 4.69) is 4.99 Å². The lowest BCUT2D eigenvalue weighted by Gasteiger charge is -2.23. The maximum atomic E-state index is 9.65. The summed E-state index contributed by atoms with van der Waals surface area (Å²) in [4.78, 5) is 4.05. The van der Waals surface area contributed by atoms with Crippen LogP contribution in [0.3, 0.4) is 0 Å². The monoisotopic (exact) mass is 255 g/mol. The van der Waals surface area contributed by atoms with Gasteiger partial charge in [-0.1, -0.05) is 0 Å². The second-order valence-corrected chi connectivity index (χ2v) is 4.10. The molecule has 0 aliphatic carbocycles. The zero-order valence-electron chi connectivity index (χ0n) is 10.0. The van der Waals surface area contributed by atoms with Gasteiger partial charge in [0.1, 0.15) is 17.0 Å². The van der Waals surface area contributed by atoms with Crippen LogP contribution in [0.2, 0.25) is 0 Å². The van der Waals surface area contributed by atoms with E-state index >= 15 is 0 Å². The topological polar surface area (TPSA) is 114 Å². The van der Waals surface area contributed by atoms with Crippen LogP contribution in [0.4, 0.5) is 0 Å². The van der Waals surface area contributed by atoms with Crippen LogP contribution in [-0.4, -0.2) is 56.6 Å². The molecule has 0 radical (unpaired) electrons. The van der Waals surface area contributed by atoms with Gasteiger partial charge in [0, 0.05) is 17.3 Å². The number of aliphatic hydroxyl groups is 3. The second-order valence-electron chi connectivity index (χ2n) is 4.10. The molecule has 6 heteroatoms. The van der Waals surface area contributed by atoms with Crippen molar-refractivity contribution >= 4 is 5.71 Å². The van der Waals surface area contributed by atoms with Crippen molar-refractivity contribution in [2.24, 2.45) is 4.99 Å². The molecule has 0 bridgehead atoms. The number of phenolic OH excluding ortho intramolecular Hbond substituents is 2. The zero-order chi connectivity index (χ0) is 13.8. The number of hydrogen-bond acceptors (Lipinski definition) is 6. The average Bonchev–Trinajstić information content (AvgIpc) is 2.36. The van der Waals surface area contributed by atoms with Gasteiger partial charge in [0.05, 0.1) is 19.8 Å². The molecule has 0 aromatic heterocycles. The minimum absolute atomic E-state index is 0.0817. The van der Waals surface area contributed by atoms with Crippen molar-refractivity contribution in [2.75, 3.05) is 19.8 Å². The minimum atomic E-state index is -1.38. The third-order valence-corrected chi connectivity index (χ3v) is 2.66. The Bertz CT molecular complexity index is 432. The van der Waals surface area contributed by atoms with Crippen molar-refractivity contribution in [3.05, 3.63) is 23.8 Å². The first-order chi connectivity index (χ1) is 8.48. The number of aliphatic imine (C=N–C) groups is 1. The Labute approximate surface area is 104 Å². The van der Waals surface area contributed by atoms with Crippen LogP contribution in [0, 0.1) is 0 Å². The number of aromatic hydroxyl groups is 2. The van der Waals surface area contributed by atoms with Gasteiger partial charge in [0.25, 0.3) is 0 Å². The fraction of sp³-hybridized carbons (Fsp3) is 0.417. The molecule has 0 heterocycles. The Kier molecular flexibility index (Phi) is 4.66. The lowest BCUT2D eigenvalue weighted by molar-refractivity contribution is 0.0714. The van der Waals surface area contributed by atoms with Crippen LogP contribution in [-0.2, 0) is 0 Å². The third kappa shape index (κ3) is 2.98. The molecule has 0 amide bonds. The van der Waals surface area contributed by atoms with Crippen LogP contribution < -0.4 is 0 Å². The molecule has 1 aromatic carbocycles. The van der Waals surface area contributed by atoms with E-state index in [1.54, 1.807) is 6.92 Å². The Balaban J connectivity index is 3.15. The minimum Gasteiger partial charge on any atom is -0.508 e. The highest BCUT2D eigenvalue weighted by Gasteiger charge is 2.27. The highest BCUT2D eigenvalue weighted by atomic mass is 16.3. The number of rotatable bonds is 5. The summed E-state index contributed by atoms with van der Waals surface area (Å²) in [5, 5.41) is 46.3. The van der Waals surface area contributed by atoms with Gasteiger partial charge >= 0.3 is 0 Å². The van der Waals surface area contributed by atoms with Crippen molar-refractivity contribution < 1.29 is 25.5 Å². The molecule has 0 atom stereocenters. The van der Waals surface area contributed by atoms with E-state index in [0.717, 1.165) is 6.07 Å². The molecule has 1 aromatic rings. The van der Waals surface area contributed by atoms with E-state index in [9.17, 15) is 10.2 Å². The largest absolute Gasteiger partial charge is 0.508 e. The molecule has 18 heavy (non-hydrogen) atoms. The predicted octanol–water partition coefficient (Wildman–Crippen LogP) is -0.378. The number of hydrogen-bond donors (Lipinski definition) is 5. The molecule has 100 valence electrons. The van der Waals surface area contributed by atoms with Gasteiger partial charge in [-0.05, 0) is 19.1 Å². The average molecular weight is 255 g/mol. The number of aliphatic hydroxyl groups excluding tert-OH is 3. The summed E-state index contributed by atoms with van der Waals surface area (Å²) in [6, 6.07) is 4.00. The molecule has 0 fully saturated rings. The van der Waals surface area contributed by atoms with Gasteiger partial charge in [0.15, 0.2) is 0 Å². The van der Waals surface area contributed by atoms with Crippen LogP contribution in [0.5, 0.6) is 11.5 Å². The van der Waals surface area contributed by atoms with Crippen LogP contribution >= 0.6 is 0 Å². The lowest BCUT2D eigenvalue weighted by atomic mass is 10.0. The number of benzene rings is 1. The first-order valence-electron chi connectivity index (χ1n) is 5.39. The number of phenols is 2. The zero-order valence-corrected chi connectivity index (χ0v) is 10.0. The molecular weight excluding hydrogens is 238 g/mol. The van der Waals surface area contributed by atoms with Crippen molar-refractivity contribution in [1.29, 1.82) is 0 Å². The molecular formula is C12H17NO5. The van der Waals surface area contributed by atoms with Crippen LogP contribution in [0.1, 0.15) is 12.5 Å². The van der Waals surface area contributed by atoms with Gasteiger partial charge in [-0.3, -0.25) is 4.99 Å². The normalized spacial score (nSPS) is 12.8. The van der Waals surface area contributed by atoms with E-state index in [1.807, 2.05) is 0 Å². The van der Waals surface area contributed by atoms with Crippen molar-refractivity contribution in [1.82, 2.24) is 0 Å². The highest BCUT2D eigenvalue weighted by molar-refractivity contribution is 6.01. The van der Waals surface area contributed by atoms with Gasteiger partial charge in [0.2, 0.25) is 0 Å². The SMILES string of the molecule is CC(=NC(CO)(CO)CO)c1ccc(O)cc1O. The summed E-state index contributed by atoms with van der Waals surface area (Å²) < 4.78 is 0. The highest BCUT2D eigenvalue weighted by Crippen LogP contribution is 2.24. The second kappa shape index (κ2) is 5.81. The summed E-state index contributed by atoms with van der Waals surface area (Å²) in [7, 11) is 0. The van der Waals surface area contributed by atoms with Crippen LogP contribution in [0.25, 0.3) is 0 Å². The Morgan fingerprint density at radius 3 is 2.11 bits per heavy atom. The number of nitrogens with zero attached hydrogens (tertiary/aromatic N) is 1. The third-order valence-electron chi connectivity index (χ3n) is 2.66. The first-order valence-corrected chi connectivity index (χ1v) is 5.39. The van der Waals surface area contributed by atoms with E-state index < -0.39 is 25.4 Å². The maximum absolute atomic E-state index is 9.65. The quantitative estimate of drug-likeness (QED) is 0.460. The fourth-order valence-electron chi connectivity index (χ4n) is 1.50. The molecule has 0 spiro atoms. The molecule has 6 nitrogen and oxygen atoms in total. The van der Waals surface area contributed by atoms with E-state index in [0.29, 0.717) is 11.3 Å². The molecule has 1 rings (SSSR count). The van der Waals surface area contributed by atoms with Gasteiger partial charge < -0.3 is 25.5 Å². The van der Waals surface area contributed by atoms with Crippen LogP contribution in [0.15, 0.2) is 23.2 Å². The fourth-order valence-corrected chi connectivity index (χ4v) is 1.50. The summed E-state index contributed by atoms with van der Waals surface area (Å²) >= 11 is 0. The van der Waals surface area contributed by atoms with Crippen molar-refractivity contribution in [3.8, 4) is 11.5 Å². The van der Waals surface area contributed by atoms with E-state index in [4.69, 9.17) is 15.3 Å². The predicted molar refractivity (Wildman–Crippen MR) is 66.0 cm³/mol. The molecule has 0 aliphatic rings. The molecule has 0 saturated carbocycles. The molecule has 0 saturated heterocycles. The standard InChI is InChI=1S/C12H17NO5/c1-8(13-12(5-14,6-15)7-16)10-3-2-9(17)4-11(10)18/h2-4,14-18H,5-7H2,1H3. The lowest BCUT2D eigenvalue weighted by Crippen LogP contribution is -2.40. The maximum Gasteiger partial charge on any atom is 0.130 e. The summed E-state index contributed by atoms with van der Waals surface area (Å²) in [6.45, 7) is 0.0182. The summed E-state index contributed by atoms with van der Waals surface area (Å²) in [6.07, 6.45) is 0. The van der Waals surface area contributed by atoms with Crippen molar-refractivity contribution in [2.45, 2.75) is 12.5 Å². The Morgan fingerprint density at radius 2 is 1.67 bits per heavy atom. The molecule has 0 unspecified atom stereocenters. The molecule has 5 N–H and O–H groups in total. The Hall–Kier alpha value is -1.63.